The van der Waals surface area contributed by atoms with Crippen molar-refractivity contribution in [2.45, 2.75) is 0 Å². The highest BCUT2D eigenvalue weighted by atomic mass is 79.9. The Labute approximate surface area is 117 Å². The molecule has 0 aliphatic carbocycles. The summed E-state index contributed by atoms with van der Waals surface area (Å²) in [5.41, 5.74) is 0.779. The zero-order valence-corrected chi connectivity index (χ0v) is 11.4. The Hall–Kier alpha value is -1.59. The van der Waals surface area contributed by atoms with Gasteiger partial charge in [-0.25, -0.2) is 9.78 Å². The molecule has 6 heteroatoms. The predicted octanol–water partition coefficient (Wildman–Crippen LogP) is 3.94. The van der Waals surface area contributed by atoms with E-state index >= 15 is 0 Å². The maximum Gasteiger partial charge on any atom is 0.339 e. The second-order valence-electron chi connectivity index (χ2n) is 3.46. The fourth-order valence-electron chi connectivity index (χ4n) is 1.39. The third-order valence-corrected chi connectivity index (χ3v) is 3.45. The number of nitrogens with zero attached hydrogens (tertiary/aromatic N) is 1. The second kappa shape index (κ2) is 5.37. The maximum atomic E-state index is 11.0. The lowest BCUT2D eigenvalue weighted by molar-refractivity contribution is 0.0697. The van der Waals surface area contributed by atoms with Gasteiger partial charge in [-0.05, 0) is 46.3 Å². The van der Waals surface area contributed by atoms with Crippen molar-refractivity contribution in [1.29, 1.82) is 0 Å². The van der Waals surface area contributed by atoms with Crippen molar-refractivity contribution in [3.8, 4) is 0 Å². The van der Waals surface area contributed by atoms with Gasteiger partial charge in [-0.2, -0.15) is 0 Å². The lowest BCUT2D eigenvalue weighted by Crippen LogP contribution is -2.04. The van der Waals surface area contributed by atoms with Crippen molar-refractivity contribution in [2.75, 3.05) is 5.32 Å². The highest BCUT2D eigenvalue weighted by Gasteiger charge is 2.10. The molecular formula is C12H8BrClN2O2. The zero-order valence-electron chi connectivity index (χ0n) is 9.02. The van der Waals surface area contributed by atoms with Crippen LogP contribution in [-0.4, -0.2) is 16.1 Å². The fourth-order valence-corrected chi connectivity index (χ4v) is 1.82. The van der Waals surface area contributed by atoms with Gasteiger partial charge in [-0.1, -0.05) is 11.6 Å². The van der Waals surface area contributed by atoms with Crippen LogP contribution in [0.2, 0.25) is 5.02 Å². The van der Waals surface area contributed by atoms with Crippen molar-refractivity contribution in [3.63, 3.8) is 0 Å². The molecule has 2 N–H and O–H groups in total. The van der Waals surface area contributed by atoms with Crippen LogP contribution in [0, 0.1) is 0 Å². The van der Waals surface area contributed by atoms with E-state index in [1.165, 1.54) is 12.3 Å². The molecule has 92 valence electrons. The van der Waals surface area contributed by atoms with Crippen LogP contribution in [0.4, 0.5) is 11.5 Å². The van der Waals surface area contributed by atoms with Crippen molar-refractivity contribution in [3.05, 3.63) is 51.6 Å². The quantitative estimate of drug-likeness (QED) is 0.896. The number of pyridine rings is 1. The molecule has 1 aromatic carbocycles. The molecule has 0 spiro atoms. The van der Waals surface area contributed by atoms with E-state index in [1.807, 2.05) is 0 Å². The number of benzene rings is 1. The van der Waals surface area contributed by atoms with Crippen LogP contribution in [-0.2, 0) is 0 Å². The molecule has 0 radical (unpaired) electrons. The Morgan fingerprint density at radius 2 is 2.17 bits per heavy atom. The molecule has 0 saturated carbocycles. The smallest absolute Gasteiger partial charge is 0.339 e. The van der Waals surface area contributed by atoms with E-state index in [2.05, 4.69) is 26.2 Å². The number of aromatic nitrogens is 1. The molecule has 18 heavy (non-hydrogen) atoms. The van der Waals surface area contributed by atoms with Gasteiger partial charge < -0.3 is 10.4 Å². The summed E-state index contributed by atoms with van der Waals surface area (Å²) in [6.07, 6.45) is 1.52. The molecule has 0 unspecified atom stereocenters. The fraction of sp³-hybridized carbons (Fsp3) is 0. The number of carbonyl (C=O) groups is 1. The Bertz CT molecular complexity index is 604. The first-order valence-corrected chi connectivity index (χ1v) is 6.15. The van der Waals surface area contributed by atoms with Crippen LogP contribution < -0.4 is 5.32 Å². The first-order chi connectivity index (χ1) is 8.58. The Morgan fingerprint density at radius 1 is 1.39 bits per heavy atom. The molecule has 2 rings (SSSR count). The number of hydrogen-bond donors (Lipinski definition) is 2. The molecule has 0 amide bonds. The summed E-state index contributed by atoms with van der Waals surface area (Å²) in [4.78, 5) is 15.0. The lowest BCUT2D eigenvalue weighted by atomic mass is 10.2. The molecule has 1 heterocycles. The summed E-state index contributed by atoms with van der Waals surface area (Å²) in [5, 5.41) is 12.5. The highest BCUT2D eigenvalue weighted by Crippen LogP contribution is 2.27. The van der Waals surface area contributed by atoms with Gasteiger partial charge in [-0.3, -0.25) is 0 Å². The third kappa shape index (κ3) is 2.80. The summed E-state index contributed by atoms with van der Waals surface area (Å²) < 4.78 is 0.772. The average Bonchev–Trinajstić information content (AvgIpc) is 2.34. The van der Waals surface area contributed by atoms with Crippen molar-refractivity contribution in [2.24, 2.45) is 0 Å². The number of halogens is 2. The number of carboxylic acids is 1. The van der Waals surface area contributed by atoms with Gasteiger partial charge in [0, 0.05) is 16.4 Å². The van der Waals surface area contributed by atoms with Gasteiger partial charge in [-0.15, -0.1) is 0 Å². The van der Waals surface area contributed by atoms with Crippen LogP contribution in [0.15, 0.2) is 41.0 Å². The van der Waals surface area contributed by atoms with E-state index in [-0.39, 0.29) is 11.4 Å². The van der Waals surface area contributed by atoms with Crippen LogP contribution >= 0.6 is 27.5 Å². The van der Waals surface area contributed by atoms with E-state index < -0.39 is 5.97 Å². The Kier molecular flexibility index (Phi) is 3.84. The van der Waals surface area contributed by atoms with Crippen LogP contribution in [0.25, 0.3) is 0 Å². The molecule has 0 bridgehead atoms. The molecule has 0 aliphatic heterocycles. The van der Waals surface area contributed by atoms with E-state index in [0.29, 0.717) is 10.7 Å². The Balaban J connectivity index is 2.34. The minimum Gasteiger partial charge on any atom is -0.478 e. The lowest BCUT2D eigenvalue weighted by Gasteiger charge is -2.08. The molecular weight excluding hydrogens is 320 g/mol. The van der Waals surface area contributed by atoms with Crippen molar-refractivity contribution >= 4 is 45.0 Å². The Morgan fingerprint density at radius 3 is 2.83 bits per heavy atom. The topological polar surface area (TPSA) is 62.2 Å². The standard InChI is InChI=1S/C12H8BrClN2O2/c13-9-4-3-7(6-10(9)14)16-11-8(12(17)18)2-1-5-15-11/h1-6H,(H,15,16)(H,17,18). The van der Waals surface area contributed by atoms with Crippen LogP contribution in [0.3, 0.4) is 0 Å². The number of carboxylic acid groups (broad SMARTS) is 1. The highest BCUT2D eigenvalue weighted by molar-refractivity contribution is 9.10. The van der Waals surface area contributed by atoms with E-state index in [9.17, 15) is 4.79 Å². The van der Waals surface area contributed by atoms with E-state index in [4.69, 9.17) is 16.7 Å². The monoisotopic (exact) mass is 326 g/mol. The second-order valence-corrected chi connectivity index (χ2v) is 4.72. The summed E-state index contributed by atoms with van der Waals surface area (Å²) in [6, 6.07) is 8.29. The summed E-state index contributed by atoms with van der Waals surface area (Å²) in [6.45, 7) is 0. The third-order valence-electron chi connectivity index (χ3n) is 2.22. The molecule has 0 atom stereocenters. The molecule has 1 aromatic heterocycles. The molecule has 0 aliphatic rings. The summed E-state index contributed by atoms with van der Waals surface area (Å²) >= 11 is 9.24. The number of rotatable bonds is 3. The van der Waals surface area contributed by atoms with Gasteiger partial charge in [0.25, 0.3) is 0 Å². The van der Waals surface area contributed by atoms with Gasteiger partial charge in [0.2, 0.25) is 0 Å². The minimum atomic E-state index is -1.03. The maximum absolute atomic E-state index is 11.0. The van der Waals surface area contributed by atoms with E-state index in [1.54, 1.807) is 24.3 Å². The average molecular weight is 328 g/mol. The summed E-state index contributed by atoms with van der Waals surface area (Å²) in [7, 11) is 0. The first-order valence-electron chi connectivity index (χ1n) is 4.98. The predicted molar refractivity (Wildman–Crippen MR) is 73.6 cm³/mol. The number of nitrogens with one attached hydrogen (secondary N) is 1. The van der Waals surface area contributed by atoms with Crippen LogP contribution in [0.5, 0.6) is 0 Å². The minimum absolute atomic E-state index is 0.108. The number of anilines is 2. The number of aromatic carboxylic acids is 1. The van der Waals surface area contributed by atoms with Gasteiger partial charge in [0.15, 0.2) is 0 Å². The van der Waals surface area contributed by atoms with Gasteiger partial charge in [0.1, 0.15) is 11.4 Å². The summed E-state index contributed by atoms with van der Waals surface area (Å²) in [5.74, 6) is -0.753. The van der Waals surface area contributed by atoms with Crippen molar-refractivity contribution in [1.82, 2.24) is 4.98 Å². The van der Waals surface area contributed by atoms with Gasteiger partial charge in [0.05, 0.1) is 5.02 Å². The normalized spacial score (nSPS) is 10.1. The molecule has 0 fully saturated rings. The SMILES string of the molecule is O=C(O)c1cccnc1Nc1ccc(Br)c(Cl)c1. The van der Waals surface area contributed by atoms with Crippen molar-refractivity contribution < 1.29 is 9.90 Å². The molecule has 0 saturated heterocycles. The van der Waals surface area contributed by atoms with Crippen LogP contribution in [0.1, 0.15) is 10.4 Å². The largest absolute Gasteiger partial charge is 0.478 e. The van der Waals surface area contributed by atoms with Gasteiger partial charge >= 0.3 is 5.97 Å². The number of hydrogen-bond acceptors (Lipinski definition) is 3. The zero-order chi connectivity index (χ0) is 13.1. The van der Waals surface area contributed by atoms with E-state index in [0.717, 1.165) is 4.47 Å². The molecule has 2 aromatic rings. The molecule has 4 nitrogen and oxygen atoms in total. The first kappa shape index (κ1) is 12.9.